The Kier molecular flexibility index (Phi) is 9.43. The minimum atomic E-state index is -3.99. The maximum absolute atomic E-state index is 13.9. The van der Waals surface area contributed by atoms with E-state index in [-0.39, 0.29) is 18.3 Å². The first-order chi connectivity index (χ1) is 19.6. The molecule has 0 bridgehead atoms. The van der Waals surface area contributed by atoms with Crippen molar-refractivity contribution in [2.75, 3.05) is 20.3 Å². The summed E-state index contributed by atoms with van der Waals surface area (Å²) in [5, 5.41) is 26.7. The molecule has 0 fully saturated rings. The van der Waals surface area contributed by atoms with E-state index in [1.54, 1.807) is 42.5 Å². The highest BCUT2D eigenvalue weighted by molar-refractivity contribution is 7.91. The zero-order valence-corrected chi connectivity index (χ0v) is 24.4. The molecule has 41 heavy (non-hydrogen) atoms. The van der Waals surface area contributed by atoms with Crippen molar-refractivity contribution in [2.45, 2.75) is 50.9 Å². The van der Waals surface area contributed by atoms with Gasteiger partial charge in [-0.1, -0.05) is 12.1 Å². The lowest BCUT2D eigenvalue weighted by molar-refractivity contribution is -0.0324. The SMILES string of the molecule is COc1cccc(C)c1-n1c(CS(=O)(=O)[C@@H](C)[C@H](OC[C@@H](O)CO)c2ncc(C)cn2)nnc1-c1cncc(C)c1. The molecule has 0 aliphatic rings. The Morgan fingerprint density at radius 2 is 1.76 bits per heavy atom. The molecule has 0 saturated carbocycles. The Morgan fingerprint density at radius 3 is 2.41 bits per heavy atom. The third-order valence-electron chi connectivity index (χ3n) is 6.56. The predicted octanol–water partition coefficient (Wildman–Crippen LogP) is 2.47. The fraction of sp³-hybridized carbons (Fsp3) is 0.393. The lowest BCUT2D eigenvalue weighted by Gasteiger charge is -2.24. The second-order valence-electron chi connectivity index (χ2n) is 9.87. The summed E-state index contributed by atoms with van der Waals surface area (Å²) in [6, 6.07) is 7.41. The van der Waals surface area contributed by atoms with Crippen molar-refractivity contribution >= 4 is 9.84 Å². The molecule has 0 spiro atoms. The summed E-state index contributed by atoms with van der Waals surface area (Å²) in [5.41, 5.74) is 3.78. The second kappa shape index (κ2) is 12.8. The van der Waals surface area contributed by atoms with E-state index < -0.39 is 39.7 Å². The molecule has 0 aliphatic carbocycles. The van der Waals surface area contributed by atoms with E-state index in [0.29, 0.717) is 22.8 Å². The molecular weight excluding hydrogens is 548 g/mol. The van der Waals surface area contributed by atoms with E-state index in [2.05, 4.69) is 25.1 Å². The van der Waals surface area contributed by atoms with E-state index in [9.17, 15) is 18.6 Å². The van der Waals surface area contributed by atoms with Crippen molar-refractivity contribution in [1.82, 2.24) is 29.7 Å². The van der Waals surface area contributed by atoms with Gasteiger partial charge >= 0.3 is 0 Å². The molecule has 218 valence electrons. The van der Waals surface area contributed by atoms with Gasteiger partial charge in [0.25, 0.3) is 0 Å². The van der Waals surface area contributed by atoms with Crippen LogP contribution in [0, 0.1) is 20.8 Å². The fourth-order valence-electron chi connectivity index (χ4n) is 4.33. The number of benzene rings is 1. The minimum Gasteiger partial charge on any atom is -0.495 e. The smallest absolute Gasteiger partial charge is 0.170 e. The predicted molar refractivity (Wildman–Crippen MR) is 151 cm³/mol. The number of pyridine rings is 1. The van der Waals surface area contributed by atoms with Crippen LogP contribution >= 0.6 is 0 Å². The molecule has 0 saturated heterocycles. The first-order valence-corrected chi connectivity index (χ1v) is 14.7. The van der Waals surface area contributed by atoms with E-state index in [1.807, 2.05) is 39.0 Å². The van der Waals surface area contributed by atoms with Crippen LogP contribution in [-0.2, 0) is 20.3 Å². The van der Waals surface area contributed by atoms with E-state index in [0.717, 1.165) is 16.7 Å². The highest BCUT2D eigenvalue weighted by Gasteiger charge is 2.36. The van der Waals surface area contributed by atoms with Crippen LogP contribution in [0.4, 0.5) is 0 Å². The number of para-hydroxylation sites is 1. The van der Waals surface area contributed by atoms with Gasteiger partial charge in [-0.3, -0.25) is 9.55 Å². The molecule has 0 unspecified atom stereocenters. The largest absolute Gasteiger partial charge is 0.495 e. The van der Waals surface area contributed by atoms with Crippen molar-refractivity contribution in [2.24, 2.45) is 0 Å². The number of hydrogen-bond donors (Lipinski definition) is 2. The fourth-order valence-corrected chi connectivity index (χ4v) is 5.72. The summed E-state index contributed by atoms with van der Waals surface area (Å²) in [4.78, 5) is 12.8. The lowest BCUT2D eigenvalue weighted by atomic mass is 10.1. The van der Waals surface area contributed by atoms with Crippen molar-refractivity contribution in [3.63, 3.8) is 0 Å². The zero-order valence-electron chi connectivity index (χ0n) is 23.6. The van der Waals surface area contributed by atoms with Gasteiger partial charge < -0.3 is 19.7 Å². The average Bonchev–Trinajstić information content (AvgIpc) is 3.35. The number of nitrogens with zero attached hydrogens (tertiary/aromatic N) is 6. The molecule has 13 heteroatoms. The molecule has 4 rings (SSSR count). The summed E-state index contributed by atoms with van der Waals surface area (Å²) in [6.07, 6.45) is 4.16. The molecule has 1 aromatic carbocycles. The minimum absolute atomic E-state index is 0.144. The highest BCUT2D eigenvalue weighted by atomic mass is 32.2. The number of sulfone groups is 1. The average molecular weight is 583 g/mol. The third-order valence-corrected chi connectivity index (χ3v) is 8.61. The van der Waals surface area contributed by atoms with Gasteiger partial charge in [-0.2, -0.15) is 0 Å². The number of rotatable bonds is 12. The molecule has 0 amide bonds. The summed E-state index contributed by atoms with van der Waals surface area (Å²) in [7, 11) is -2.45. The van der Waals surface area contributed by atoms with Gasteiger partial charge in [-0.25, -0.2) is 18.4 Å². The number of aliphatic hydroxyl groups excluding tert-OH is 2. The molecule has 0 radical (unpaired) electrons. The third kappa shape index (κ3) is 6.76. The van der Waals surface area contributed by atoms with Gasteiger partial charge in [-0.15, -0.1) is 10.2 Å². The topological polar surface area (TPSA) is 162 Å². The van der Waals surface area contributed by atoms with Crippen LogP contribution in [0.5, 0.6) is 5.75 Å². The summed E-state index contributed by atoms with van der Waals surface area (Å²) in [6.45, 7) is 6.25. The molecular formula is C28H34N6O6S. The monoisotopic (exact) mass is 582 g/mol. The van der Waals surface area contributed by atoms with Crippen molar-refractivity contribution in [3.05, 3.63) is 77.4 Å². The Hall–Kier alpha value is -3.78. The molecule has 3 atom stereocenters. The highest BCUT2D eigenvalue weighted by Crippen LogP contribution is 2.33. The van der Waals surface area contributed by atoms with Gasteiger partial charge in [0.15, 0.2) is 27.3 Å². The van der Waals surface area contributed by atoms with Gasteiger partial charge in [-0.05, 0) is 56.5 Å². The standard InChI is InChI=1S/C28H34N6O6S/c1-17-9-21(13-29-10-17)28-33-32-24(34(28)25-19(3)7-6-8-23(25)39-5)16-41(37,38)20(4)26(40-15-22(36)14-35)27-30-11-18(2)12-31-27/h6-13,20,22,26,35-36H,14-16H2,1-5H3/t20-,22-,26-/m0/s1. The summed E-state index contributed by atoms with van der Waals surface area (Å²) in [5.74, 6) is 0.745. The van der Waals surface area contributed by atoms with Crippen LogP contribution in [-0.4, -0.2) is 80.0 Å². The van der Waals surface area contributed by atoms with Crippen LogP contribution < -0.4 is 4.74 Å². The normalized spacial score (nSPS) is 14.0. The second-order valence-corrected chi connectivity index (χ2v) is 12.2. The molecule has 3 aromatic heterocycles. The van der Waals surface area contributed by atoms with Crippen molar-refractivity contribution < 1.29 is 28.1 Å². The van der Waals surface area contributed by atoms with Crippen LogP contribution in [0.2, 0.25) is 0 Å². The molecule has 0 aliphatic heterocycles. The van der Waals surface area contributed by atoms with Gasteiger partial charge in [0, 0.05) is 30.4 Å². The van der Waals surface area contributed by atoms with E-state index in [4.69, 9.17) is 9.47 Å². The number of hydrogen-bond acceptors (Lipinski definition) is 11. The van der Waals surface area contributed by atoms with Gasteiger partial charge in [0.05, 0.1) is 31.3 Å². The quantitative estimate of drug-likeness (QED) is 0.252. The van der Waals surface area contributed by atoms with E-state index in [1.165, 1.54) is 6.92 Å². The first kappa shape index (κ1) is 30.2. The summed E-state index contributed by atoms with van der Waals surface area (Å²) >= 11 is 0. The lowest BCUT2D eigenvalue weighted by Crippen LogP contribution is -2.33. The Balaban J connectivity index is 1.80. The molecule has 12 nitrogen and oxygen atoms in total. The van der Waals surface area contributed by atoms with Crippen molar-refractivity contribution in [1.29, 1.82) is 0 Å². The van der Waals surface area contributed by atoms with Gasteiger partial charge in [0.1, 0.15) is 23.7 Å². The van der Waals surface area contributed by atoms with Crippen LogP contribution in [0.3, 0.4) is 0 Å². The number of aliphatic hydroxyl groups is 2. The zero-order chi connectivity index (χ0) is 29.7. The van der Waals surface area contributed by atoms with Crippen LogP contribution in [0.1, 0.15) is 41.4 Å². The molecule has 2 N–H and O–H groups in total. The maximum Gasteiger partial charge on any atom is 0.170 e. The Bertz CT molecular complexity index is 1590. The Morgan fingerprint density at radius 1 is 1.02 bits per heavy atom. The summed E-state index contributed by atoms with van der Waals surface area (Å²) < 4.78 is 41.0. The number of aryl methyl sites for hydroxylation is 3. The molecule has 3 heterocycles. The number of methoxy groups -OCH3 is 1. The van der Waals surface area contributed by atoms with E-state index >= 15 is 0 Å². The van der Waals surface area contributed by atoms with Crippen molar-refractivity contribution in [3.8, 4) is 22.8 Å². The first-order valence-electron chi connectivity index (χ1n) is 13.0. The maximum atomic E-state index is 13.9. The molecule has 4 aromatic rings. The van der Waals surface area contributed by atoms with Gasteiger partial charge in [0.2, 0.25) is 0 Å². The Labute approximate surface area is 239 Å². The van der Waals surface area contributed by atoms with Crippen LogP contribution in [0.15, 0.2) is 49.1 Å². The number of ether oxygens (including phenoxy) is 2. The van der Waals surface area contributed by atoms with Crippen LogP contribution in [0.25, 0.3) is 17.1 Å². The number of aromatic nitrogens is 6.